The molecule has 0 aliphatic heterocycles. The second-order valence-electron chi connectivity index (χ2n) is 5.48. The highest BCUT2D eigenvalue weighted by molar-refractivity contribution is 5.89. The summed E-state index contributed by atoms with van der Waals surface area (Å²) < 4.78 is 0. The number of phenols is 1. The van der Waals surface area contributed by atoms with Crippen molar-refractivity contribution in [1.82, 2.24) is 0 Å². The SMILES string of the molecule is CCc1cc(CN(C)c2ccc(O)cc2C)ccc1C(=O)O. The molecule has 0 fully saturated rings. The number of rotatable bonds is 5. The van der Waals surface area contributed by atoms with Gasteiger partial charge in [0, 0.05) is 19.3 Å². The van der Waals surface area contributed by atoms with Gasteiger partial charge in [0.15, 0.2) is 0 Å². The fraction of sp³-hybridized carbons (Fsp3) is 0.278. The molecule has 0 saturated carbocycles. The number of anilines is 1. The molecule has 0 bridgehead atoms. The van der Waals surface area contributed by atoms with Crippen LogP contribution in [-0.4, -0.2) is 23.2 Å². The molecule has 2 aromatic carbocycles. The third-order valence-corrected chi connectivity index (χ3v) is 3.79. The third-order valence-electron chi connectivity index (χ3n) is 3.79. The van der Waals surface area contributed by atoms with Gasteiger partial charge in [-0.15, -0.1) is 0 Å². The highest BCUT2D eigenvalue weighted by atomic mass is 16.4. The molecule has 2 aromatic rings. The topological polar surface area (TPSA) is 60.8 Å². The van der Waals surface area contributed by atoms with Gasteiger partial charge >= 0.3 is 5.97 Å². The van der Waals surface area contributed by atoms with Gasteiger partial charge in [0.05, 0.1) is 5.56 Å². The van der Waals surface area contributed by atoms with E-state index in [0.717, 1.165) is 22.4 Å². The molecule has 0 aliphatic carbocycles. The first-order valence-electron chi connectivity index (χ1n) is 7.28. The standard InChI is InChI=1S/C18H21NO3/c1-4-14-10-13(5-7-16(14)18(21)22)11-19(3)17-8-6-15(20)9-12(17)2/h5-10,20H,4,11H2,1-3H3,(H,21,22). The highest BCUT2D eigenvalue weighted by Gasteiger charge is 2.11. The van der Waals surface area contributed by atoms with Crippen molar-refractivity contribution in [3.05, 3.63) is 58.7 Å². The Kier molecular flexibility index (Phi) is 4.71. The van der Waals surface area contributed by atoms with Crippen LogP contribution in [0.15, 0.2) is 36.4 Å². The summed E-state index contributed by atoms with van der Waals surface area (Å²) in [6.45, 7) is 4.59. The number of nitrogens with zero attached hydrogens (tertiary/aromatic N) is 1. The number of phenolic OH excluding ortho intramolecular Hbond substituents is 1. The maximum absolute atomic E-state index is 11.2. The summed E-state index contributed by atoms with van der Waals surface area (Å²) >= 11 is 0. The molecule has 116 valence electrons. The van der Waals surface area contributed by atoms with Gasteiger partial charge in [-0.25, -0.2) is 4.79 Å². The van der Waals surface area contributed by atoms with Gasteiger partial charge < -0.3 is 15.1 Å². The first-order chi connectivity index (χ1) is 10.4. The fourth-order valence-corrected chi connectivity index (χ4v) is 2.67. The summed E-state index contributed by atoms with van der Waals surface area (Å²) in [6, 6.07) is 10.8. The summed E-state index contributed by atoms with van der Waals surface area (Å²) in [5, 5.41) is 18.7. The molecule has 4 heteroatoms. The Morgan fingerprint density at radius 2 is 1.91 bits per heavy atom. The molecule has 0 amide bonds. The van der Waals surface area contributed by atoms with Gasteiger partial charge in [0.2, 0.25) is 0 Å². The zero-order chi connectivity index (χ0) is 16.3. The van der Waals surface area contributed by atoms with E-state index < -0.39 is 5.97 Å². The molecule has 0 saturated heterocycles. The number of benzene rings is 2. The van der Waals surface area contributed by atoms with Crippen molar-refractivity contribution in [3.63, 3.8) is 0 Å². The lowest BCUT2D eigenvalue weighted by atomic mass is 10.0. The van der Waals surface area contributed by atoms with Gasteiger partial charge in [0.25, 0.3) is 0 Å². The minimum absolute atomic E-state index is 0.258. The van der Waals surface area contributed by atoms with Gasteiger partial charge in [0.1, 0.15) is 5.75 Å². The van der Waals surface area contributed by atoms with Crippen LogP contribution < -0.4 is 4.90 Å². The molecule has 2 rings (SSSR count). The molecule has 0 unspecified atom stereocenters. The van der Waals surface area contributed by atoms with Gasteiger partial charge in [-0.3, -0.25) is 0 Å². The van der Waals surface area contributed by atoms with Crippen LogP contribution in [-0.2, 0) is 13.0 Å². The average molecular weight is 299 g/mol. The van der Waals surface area contributed by atoms with E-state index in [9.17, 15) is 15.0 Å². The molecule has 0 aliphatic rings. The molecule has 0 aromatic heterocycles. The number of aryl methyl sites for hydroxylation is 2. The van der Waals surface area contributed by atoms with Crippen LogP contribution in [0.4, 0.5) is 5.69 Å². The Labute approximate surface area is 130 Å². The fourth-order valence-electron chi connectivity index (χ4n) is 2.67. The number of aromatic carboxylic acids is 1. The zero-order valence-corrected chi connectivity index (χ0v) is 13.1. The number of carbonyl (C=O) groups is 1. The summed E-state index contributed by atoms with van der Waals surface area (Å²) in [5.41, 5.74) is 4.32. The average Bonchev–Trinajstić information content (AvgIpc) is 2.46. The first-order valence-corrected chi connectivity index (χ1v) is 7.28. The maximum Gasteiger partial charge on any atom is 0.335 e. The molecule has 0 spiro atoms. The normalized spacial score (nSPS) is 10.5. The van der Waals surface area contributed by atoms with Crippen LogP contribution in [0, 0.1) is 6.92 Å². The van der Waals surface area contributed by atoms with Crippen LogP contribution in [0.2, 0.25) is 0 Å². The van der Waals surface area contributed by atoms with Crippen LogP contribution >= 0.6 is 0 Å². The number of carboxylic acids is 1. The van der Waals surface area contributed by atoms with Crippen LogP contribution in [0.5, 0.6) is 5.75 Å². The Morgan fingerprint density at radius 3 is 2.50 bits per heavy atom. The Bertz CT molecular complexity index is 695. The van der Waals surface area contributed by atoms with E-state index in [2.05, 4.69) is 4.90 Å². The summed E-state index contributed by atoms with van der Waals surface area (Å²) in [6.07, 6.45) is 0.692. The zero-order valence-electron chi connectivity index (χ0n) is 13.1. The van der Waals surface area contributed by atoms with E-state index in [1.54, 1.807) is 18.2 Å². The van der Waals surface area contributed by atoms with Crippen molar-refractivity contribution in [3.8, 4) is 5.75 Å². The molecule has 22 heavy (non-hydrogen) atoms. The van der Waals surface area contributed by atoms with Crippen molar-refractivity contribution in [1.29, 1.82) is 0 Å². The highest BCUT2D eigenvalue weighted by Crippen LogP contribution is 2.25. The minimum atomic E-state index is -0.883. The van der Waals surface area contributed by atoms with E-state index in [0.29, 0.717) is 18.5 Å². The van der Waals surface area contributed by atoms with E-state index in [-0.39, 0.29) is 5.75 Å². The Morgan fingerprint density at radius 1 is 1.18 bits per heavy atom. The largest absolute Gasteiger partial charge is 0.508 e. The maximum atomic E-state index is 11.2. The molecule has 2 N–H and O–H groups in total. The van der Waals surface area contributed by atoms with Crippen molar-refractivity contribution >= 4 is 11.7 Å². The predicted octanol–water partition coefficient (Wildman–Crippen LogP) is 3.60. The molecule has 0 radical (unpaired) electrons. The van der Waals surface area contributed by atoms with Crippen molar-refractivity contribution in [2.45, 2.75) is 26.8 Å². The van der Waals surface area contributed by atoms with E-state index in [1.165, 1.54) is 0 Å². The van der Waals surface area contributed by atoms with Crippen molar-refractivity contribution in [2.24, 2.45) is 0 Å². The molecule has 0 heterocycles. The lowest BCUT2D eigenvalue weighted by molar-refractivity contribution is 0.0695. The Balaban J connectivity index is 2.24. The van der Waals surface area contributed by atoms with E-state index in [4.69, 9.17) is 0 Å². The minimum Gasteiger partial charge on any atom is -0.508 e. The number of hydrogen-bond donors (Lipinski definition) is 2. The van der Waals surface area contributed by atoms with Crippen molar-refractivity contribution in [2.75, 3.05) is 11.9 Å². The quantitative estimate of drug-likeness (QED) is 0.885. The molecule has 0 atom stereocenters. The molecular formula is C18H21NO3. The summed E-state index contributed by atoms with van der Waals surface area (Å²) in [7, 11) is 1.98. The second kappa shape index (κ2) is 6.52. The molecular weight excluding hydrogens is 278 g/mol. The monoisotopic (exact) mass is 299 g/mol. The van der Waals surface area contributed by atoms with Gasteiger partial charge in [-0.05, 0) is 54.3 Å². The predicted molar refractivity (Wildman–Crippen MR) is 87.7 cm³/mol. The van der Waals surface area contributed by atoms with Gasteiger partial charge in [-0.1, -0.05) is 19.1 Å². The van der Waals surface area contributed by atoms with Crippen LogP contribution in [0.25, 0.3) is 0 Å². The number of aromatic hydroxyl groups is 1. The lowest BCUT2D eigenvalue weighted by Gasteiger charge is -2.22. The van der Waals surface area contributed by atoms with Crippen LogP contribution in [0.3, 0.4) is 0 Å². The number of hydrogen-bond acceptors (Lipinski definition) is 3. The van der Waals surface area contributed by atoms with E-state index in [1.807, 2.05) is 39.1 Å². The molecule has 4 nitrogen and oxygen atoms in total. The van der Waals surface area contributed by atoms with Crippen molar-refractivity contribution < 1.29 is 15.0 Å². The first kappa shape index (κ1) is 15.9. The Hall–Kier alpha value is -2.49. The second-order valence-corrected chi connectivity index (χ2v) is 5.48. The summed E-state index contributed by atoms with van der Waals surface area (Å²) in [5.74, 6) is -0.625. The van der Waals surface area contributed by atoms with E-state index >= 15 is 0 Å². The smallest absolute Gasteiger partial charge is 0.335 e. The lowest BCUT2D eigenvalue weighted by Crippen LogP contribution is -2.17. The number of carboxylic acid groups (broad SMARTS) is 1. The van der Waals surface area contributed by atoms with Crippen LogP contribution in [0.1, 0.15) is 34.0 Å². The summed E-state index contributed by atoms with van der Waals surface area (Å²) in [4.78, 5) is 13.3. The third kappa shape index (κ3) is 3.39. The van der Waals surface area contributed by atoms with Gasteiger partial charge in [-0.2, -0.15) is 0 Å².